The lowest BCUT2D eigenvalue weighted by Crippen LogP contribution is -2.19. The number of hydrogen-bond donors (Lipinski definition) is 0. The minimum absolute atomic E-state index is 0.0942. The number of benzene rings is 1. The summed E-state index contributed by atoms with van der Waals surface area (Å²) in [5, 5.41) is 0.589. The Kier molecular flexibility index (Phi) is 5.65. The molecule has 0 radical (unpaired) electrons. The van der Waals surface area contributed by atoms with Crippen molar-refractivity contribution < 1.29 is 22.7 Å². The molecule has 0 fully saturated rings. The molecule has 0 N–H and O–H groups in total. The summed E-state index contributed by atoms with van der Waals surface area (Å²) in [7, 11) is 0. The maximum atomic E-state index is 12.2. The first kappa shape index (κ1) is 15.5. The van der Waals surface area contributed by atoms with E-state index in [4.69, 9.17) is 0 Å². The highest BCUT2D eigenvalue weighted by atomic mass is 79.9. The van der Waals surface area contributed by atoms with Gasteiger partial charge < -0.3 is 4.74 Å². The van der Waals surface area contributed by atoms with Crippen LogP contribution >= 0.6 is 31.9 Å². The van der Waals surface area contributed by atoms with Crippen LogP contribution in [0, 0.1) is 0 Å². The Labute approximate surface area is 119 Å². The van der Waals surface area contributed by atoms with Crippen LogP contribution in [0.3, 0.4) is 0 Å². The molecule has 0 saturated heterocycles. The first-order valence-corrected chi connectivity index (χ1v) is 7.11. The molecule has 1 rings (SSSR count). The fraction of sp³-hybridized carbons (Fsp3) is 0.364. The molecule has 0 saturated carbocycles. The van der Waals surface area contributed by atoms with E-state index in [1.807, 2.05) is 0 Å². The molecule has 1 aromatic carbocycles. The van der Waals surface area contributed by atoms with Crippen molar-refractivity contribution in [3.63, 3.8) is 0 Å². The lowest BCUT2D eigenvalue weighted by atomic mass is 10.1. The summed E-state index contributed by atoms with van der Waals surface area (Å²) in [5.41, 5.74) is 1.01. The van der Waals surface area contributed by atoms with Gasteiger partial charge in [0.05, 0.1) is 5.33 Å². The highest BCUT2D eigenvalue weighted by Crippen LogP contribution is 2.28. The van der Waals surface area contributed by atoms with Gasteiger partial charge in [-0.3, -0.25) is 4.79 Å². The molecule has 7 heteroatoms. The first-order chi connectivity index (χ1) is 8.35. The van der Waals surface area contributed by atoms with Crippen molar-refractivity contribution in [2.24, 2.45) is 0 Å². The van der Waals surface area contributed by atoms with Gasteiger partial charge in [-0.15, -0.1) is 13.2 Å². The zero-order valence-electron chi connectivity index (χ0n) is 9.06. The Balaban J connectivity index is 3.04. The van der Waals surface area contributed by atoms with Gasteiger partial charge in [-0.2, -0.15) is 0 Å². The van der Waals surface area contributed by atoms with E-state index in [1.54, 1.807) is 0 Å². The van der Waals surface area contributed by atoms with Crippen LogP contribution in [0.25, 0.3) is 0 Å². The Morgan fingerprint density at radius 1 is 1.28 bits per heavy atom. The molecule has 0 aliphatic rings. The number of hydrogen-bond acceptors (Lipinski definition) is 2. The molecule has 100 valence electrons. The number of carbonyl (C=O) groups excluding carboxylic acids is 1. The van der Waals surface area contributed by atoms with Crippen LogP contribution in [0.1, 0.15) is 11.1 Å². The SMILES string of the molecule is O=C(CBr)Cc1cc(CBr)ccc1OC(F)(F)F. The molecule has 0 aliphatic heterocycles. The summed E-state index contributed by atoms with van der Waals surface area (Å²) in [6, 6.07) is 4.26. The maximum absolute atomic E-state index is 12.2. The van der Waals surface area contributed by atoms with Gasteiger partial charge in [0, 0.05) is 17.3 Å². The number of alkyl halides is 5. The van der Waals surface area contributed by atoms with Crippen LogP contribution in [0.4, 0.5) is 13.2 Å². The van der Waals surface area contributed by atoms with Crippen LogP contribution in [0.5, 0.6) is 5.75 Å². The lowest BCUT2D eigenvalue weighted by molar-refractivity contribution is -0.274. The largest absolute Gasteiger partial charge is 0.573 e. The van der Waals surface area contributed by atoms with Crippen molar-refractivity contribution in [1.29, 1.82) is 0 Å². The summed E-state index contributed by atoms with van der Waals surface area (Å²) in [5.74, 6) is -0.546. The van der Waals surface area contributed by atoms with Gasteiger partial charge in [0.2, 0.25) is 0 Å². The Bertz CT molecular complexity index is 433. The second-order valence-electron chi connectivity index (χ2n) is 3.47. The van der Waals surface area contributed by atoms with E-state index in [-0.39, 0.29) is 28.8 Å². The smallest absolute Gasteiger partial charge is 0.405 e. The number of rotatable bonds is 5. The molecular formula is C11H9Br2F3O2. The normalized spacial score (nSPS) is 11.4. The summed E-state index contributed by atoms with van der Waals surface area (Å²) >= 11 is 6.18. The van der Waals surface area contributed by atoms with E-state index in [0.717, 1.165) is 5.56 Å². The third-order valence-corrected chi connectivity index (χ3v) is 3.31. The Morgan fingerprint density at radius 3 is 2.44 bits per heavy atom. The van der Waals surface area contributed by atoms with E-state index in [9.17, 15) is 18.0 Å². The van der Waals surface area contributed by atoms with Crippen LogP contribution in [0.2, 0.25) is 0 Å². The van der Waals surface area contributed by atoms with Crippen molar-refractivity contribution >= 4 is 37.6 Å². The molecule has 0 spiro atoms. The molecule has 0 atom stereocenters. The van der Waals surface area contributed by atoms with E-state index in [2.05, 4.69) is 36.6 Å². The Hall–Kier alpha value is -0.560. The second kappa shape index (κ2) is 6.56. The zero-order valence-corrected chi connectivity index (χ0v) is 12.2. The van der Waals surface area contributed by atoms with Crippen LogP contribution in [0.15, 0.2) is 18.2 Å². The fourth-order valence-electron chi connectivity index (χ4n) is 1.34. The fourth-order valence-corrected chi connectivity index (χ4v) is 1.89. The van der Waals surface area contributed by atoms with Crippen molar-refractivity contribution in [3.8, 4) is 5.75 Å². The number of Topliss-reactive ketones (excluding diaryl/α,β-unsaturated/α-hetero) is 1. The molecule has 0 heterocycles. The predicted octanol–water partition coefficient (Wildman–Crippen LogP) is 3.99. The summed E-state index contributed by atoms with van der Waals surface area (Å²) in [4.78, 5) is 11.3. The molecule has 18 heavy (non-hydrogen) atoms. The van der Waals surface area contributed by atoms with E-state index in [1.165, 1.54) is 18.2 Å². The number of halogens is 5. The quantitative estimate of drug-likeness (QED) is 0.712. The molecule has 1 aromatic rings. The van der Waals surface area contributed by atoms with E-state index < -0.39 is 6.36 Å². The third-order valence-electron chi connectivity index (χ3n) is 2.04. The van der Waals surface area contributed by atoms with Crippen molar-refractivity contribution in [2.45, 2.75) is 18.1 Å². The van der Waals surface area contributed by atoms with Crippen molar-refractivity contribution in [3.05, 3.63) is 29.3 Å². The highest BCUT2D eigenvalue weighted by Gasteiger charge is 2.32. The minimum atomic E-state index is -4.76. The van der Waals surface area contributed by atoms with Gasteiger partial charge in [-0.1, -0.05) is 44.0 Å². The standard InChI is InChI=1S/C11H9Br2F3O2/c12-5-7-1-2-10(18-11(14,15)16)8(3-7)4-9(17)6-13/h1-3H,4-6H2. The zero-order chi connectivity index (χ0) is 13.8. The minimum Gasteiger partial charge on any atom is -0.405 e. The van der Waals surface area contributed by atoms with Gasteiger partial charge >= 0.3 is 6.36 Å². The highest BCUT2D eigenvalue weighted by molar-refractivity contribution is 9.09. The first-order valence-electron chi connectivity index (χ1n) is 4.87. The average Bonchev–Trinajstić information content (AvgIpc) is 2.29. The third kappa shape index (κ3) is 4.97. The average molecular weight is 390 g/mol. The van der Waals surface area contributed by atoms with Crippen molar-refractivity contribution in [1.82, 2.24) is 0 Å². The summed E-state index contributed by atoms with van der Waals surface area (Å²) in [6.45, 7) is 0. The van der Waals surface area contributed by atoms with Gasteiger partial charge in [0.15, 0.2) is 0 Å². The summed E-state index contributed by atoms with van der Waals surface area (Å²) < 4.78 is 40.5. The lowest BCUT2D eigenvalue weighted by Gasteiger charge is -2.13. The van der Waals surface area contributed by atoms with E-state index >= 15 is 0 Å². The second-order valence-corrected chi connectivity index (χ2v) is 4.59. The van der Waals surface area contributed by atoms with Gasteiger partial charge in [-0.05, 0) is 11.6 Å². The van der Waals surface area contributed by atoms with Gasteiger partial charge in [0.25, 0.3) is 0 Å². The predicted molar refractivity (Wildman–Crippen MR) is 68.3 cm³/mol. The monoisotopic (exact) mass is 388 g/mol. The Morgan fingerprint density at radius 2 is 1.94 bits per heavy atom. The molecule has 2 nitrogen and oxygen atoms in total. The maximum Gasteiger partial charge on any atom is 0.573 e. The molecular weight excluding hydrogens is 381 g/mol. The van der Waals surface area contributed by atoms with Crippen LogP contribution in [-0.2, 0) is 16.5 Å². The number of ketones is 1. The van der Waals surface area contributed by atoms with Gasteiger partial charge in [0.1, 0.15) is 11.5 Å². The molecule has 0 unspecified atom stereocenters. The number of carbonyl (C=O) groups is 1. The van der Waals surface area contributed by atoms with E-state index in [0.29, 0.717) is 5.33 Å². The molecule has 0 aliphatic carbocycles. The van der Waals surface area contributed by atoms with Crippen LogP contribution < -0.4 is 4.74 Å². The molecule has 0 aromatic heterocycles. The molecule has 0 bridgehead atoms. The van der Waals surface area contributed by atoms with Gasteiger partial charge in [-0.25, -0.2) is 0 Å². The van der Waals surface area contributed by atoms with Crippen LogP contribution in [-0.4, -0.2) is 17.5 Å². The topological polar surface area (TPSA) is 26.3 Å². The molecule has 0 amide bonds. The van der Waals surface area contributed by atoms with Crippen molar-refractivity contribution in [2.75, 3.05) is 5.33 Å². The number of ether oxygens (including phenoxy) is 1. The summed E-state index contributed by atoms with van der Waals surface area (Å²) in [6.07, 6.45) is -4.86.